The van der Waals surface area contributed by atoms with Gasteiger partial charge in [0.25, 0.3) is 0 Å². The number of carbonyl (C=O) groups is 1. The third kappa shape index (κ3) is 4.28. The van der Waals surface area contributed by atoms with E-state index in [0.717, 1.165) is 25.6 Å². The minimum atomic E-state index is -0.570. The molecule has 1 unspecified atom stereocenters. The molecule has 100 valence electrons. The number of amides is 1. The smallest absolute Gasteiger partial charge is 0.237 e. The lowest BCUT2D eigenvalue weighted by Crippen LogP contribution is -2.53. The highest BCUT2D eigenvalue weighted by molar-refractivity contribution is 5.84. The summed E-state index contributed by atoms with van der Waals surface area (Å²) < 4.78 is 0. The minimum absolute atomic E-state index is 0.258. The molecule has 4 heteroatoms. The topological polar surface area (TPSA) is 58.4 Å². The molecule has 1 fully saturated rings. The van der Waals surface area contributed by atoms with Crippen molar-refractivity contribution in [2.75, 3.05) is 20.1 Å². The largest absolute Gasteiger partial charge is 0.368 e. The molecule has 1 amide bonds. The van der Waals surface area contributed by atoms with Gasteiger partial charge in [-0.3, -0.25) is 4.79 Å². The number of unbranched alkanes of at least 4 members (excludes halogenated alkanes) is 1. The van der Waals surface area contributed by atoms with Gasteiger partial charge in [-0.15, -0.1) is 0 Å². The standard InChI is InChI=1S/C13H27N3O/c1-4-5-9-16(11-6-7-11)10-8-13(2,15-3)12(14)17/h11,15H,4-10H2,1-3H3,(H2,14,17). The first-order valence-corrected chi connectivity index (χ1v) is 6.76. The van der Waals surface area contributed by atoms with Crippen molar-refractivity contribution in [2.24, 2.45) is 5.73 Å². The highest BCUT2D eigenvalue weighted by atomic mass is 16.1. The van der Waals surface area contributed by atoms with Gasteiger partial charge in [-0.1, -0.05) is 13.3 Å². The van der Waals surface area contributed by atoms with Gasteiger partial charge in [0.05, 0.1) is 5.54 Å². The Morgan fingerprint density at radius 3 is 2.53 bits per heavy atom. The molecule has 4 nitrogen and oxygen atoms in total. The highest BCUT2D eigenvalue weighted by Gasteiger charge is 2.33. The third-order valence-corrected chi connectivity index (χ3v) is 3.86. The summed E-state index contributed by atoms with van der Waals surface area (Å²) in [6.45, 7) is 6.22. The molecule has 1 aliphatic carbocycles. The molecule has 1 saturated carbocycles. The molecule has 0 saturated heterocycles. The van der Waals surface area contributed by atoms with E-state index in [0.29, 0.717) is 0 Å². The molecule has 0 spiro atoms. The molecule has 0 radical (unpaired) electrons. The number of nitrogens with one attached hydrogen (secondary N) is 1. The number of likely N-dealkylation sites (N-methyl/N-ethyl adjacent to an activating group) is 1. The van der Waals surface area contributed by atoms with Crippen molar-refractivity contribution in [3.05, 3.63) is 0 Å². The molecule has 17 heavy (non-hydrogen) atoms. The van der Waals surface area contributed by atoms with Crippen molar-refractivity contribution in [3.8, 4) is 0 Å². The Balaban J connectivity index is 2.41. The number of hydrogen-bond donors (Lipinski definition) is 2. The first kappa shape index (κ1) is 14.5. The summed E-state index contributed by atoms with van der Waals surface area (Å²) in [4.78, 5) is 13.9. The van der Waals surface area contributed by atoms with Crippen LogP contribution in [-0.4, -0.2) is 42.5 Å². The Kier molecular flexibility index (Phi) is 5.40. The van der Waals surface area contributed by atoms with Crippen LogP contribution in [0.3, 0.4) is 0 Å². The molecule has 1 aliphatic rings. The van der Waals surface area contributed by atoms with E-state index in [2.05, 4.69) is 17.1 Å². The van der Waals surface area contributed by atoms with E-state index >= 15 is 0 Å². The zero-order valence-electron chi connectivity index (χ0n) is 11.5. The van der Waals surface area contributed by atoms with Crippen molar-refractivity contribution >= 4 is 5.91 Å². The van der Waals surface area contributed by atoms with Gasteiger partial charge in [-0.05, 0) is 46.2 Å². The lowest BCUT2D eigenvalue weighted by molar-refractivity contribution is -0.124. The van der Waals surface area contributed by atoms with E-state index in [-0.39, 0.29) is 5.91 Å². The van der Waals surface area contributed by atoms with Gasteiger partial charge in [0.2, 0.25) is 5.91 Å². The van der Waals surface area contributed by atoms with Gasteiger partial charge in [0, 0.05) is 12.6 Å². The number of primary amides is 1. The Hall–Kier alpha value is -0.610. The molecule has 1 atom stereocenters. The Morgan fingerprint density at radius 1 is 1.47 bits per heavy atom. The number of nitrogens with two attached hydrogens (primary N) is 1. The van der Waals surface area contributed by atoms with Crippen LogP contribution in [0.2, 0.25) is 0 Å². The van der Waals surface area contributed by atoms with E-state index in [1.54, 1.807) is 7.05 Å². The van der Waals surface area contributed by atoms with Crippen molar-refractivity contribution in [1.82, 2.24) is 10.2 Å². The zero-order chi connectivity index (χ0) is 12.9. The molecule has 0 aromatic heterocycles. The quantitative estimate of drug-likeness (QED) is 0.635. The summed E-state index contributed by atoms with van der Waals surface area (Å²) in [6.07, 6.45) is 5.89. The van der Waals surface area contributed by atoms with E-state index in [1.807, 2.05) is 6.92 Å². The second kappa shape index (κ2) is 6.36. The molecule has 0 aliphatic heterocycles. The van der Waals surface area contributed by atoms with E-state index in [1.165, 1.54) is 25.7 Å². The number of carbonyl (C=O) groups excluding carboxylic acids is 1. The Morgan fingerprint density at radius 2 is 2.12 bits per heavy atom. The second-order valence-electron chi connectivity index (χ2n) is 5.32. The number of rotatable bonds is 9. The highest BCUT2D eigenvalue weighted by Crippen LogP contribution is 2.28. The Labute approximate surface area is 105 Å². The summed E-state index contributed by atoms with van der Waals surface area (Å²) in [5, 5.41) is 3.05. The average molecular weight is 241 g/mol. The van der Waals surface area contributed by atoms with Crippen molar-refractivity contribution in [2.45, 2.75) is 57.5 Å². The van der Waals surface area contributed by atoms with Gasteiger partial charge in [0.15, 0.2) is 0 Å². The van der Waals surface area contributed by atoms with Gasteiger partial charge in [-0.25, -0.2) is 0 Å². The molecular weight excluding hydrogens is 214 g/mol. The third-order valence-electron chi connectivity index (χ3n) is 3.86. The average Bonchev–Trinajstić information content (AvgIpc) is 3.12. The summed E-state index contributed by atoms with van der Waals surface area (Å²) >= 11 is 0. The van der Waals surface area contributed by atoms with Gasteiger partial charge < -0.3 is 16.0 Å². The van der Waals surface area contributed by atoms with Crippen molar-refractivity contribution in [3.63, 3.8) is 0 Å². The fourth-order valence-corrected chi connectivity index (χ4v) is 2.02. The van der Waals surface area contributed by atoms with E-state index in [9.17, 15) is 4.79 Å². The van der Waals surface area contributed by atoms with Crippen LogP contribution < -0.4 is 11.1 Å². The maximum atomic E-state index is 11.4. The fourth-order valence-electron chi connectivity index (χ4n) is 2.02. The molecule has 0 heterocycles. The summed E-state index contributed by atoms with van der Waals surface area (Å²) in [5.41, 5.74) is 4.87. The number of hydrogen-bond acceptors (Lipinski definition) is 3. The maximum Gasteiger partial charge on any atom is 0.237 e. The van der Waals surface area contributed by atoms with Crippen molar-refractivity contribution in [1.29, 1.82) is 0 Å². The van der Waals surface area contributed by atoms with Crippen LogP contribution in [0, 0.1) is 0 Å². The normalized spacial score (nSPS) is 19.3. The minimum Gasteiger partial charge on any atom is -0.368 e. The maximum absolute atomic E-state index is 11.4. The van der Waals surface area contributed by atoms with Crippen LogP contribution in [-0.2, 0) is 4.79 Å². The van der Waals surface area contributed by atoms with Gasteiger partial charge in [-0.2, -0.15) is 0 Å². The van der Waals surface area contributed by atoms with Gasteiger partial charge in [0.1, 0.15) is 0 Å². The Bertz CT molecular complexity index is 253. The van der Waals surface area contributed by atoms with Crippen LogP contribution in [0.25, 0.3) is 0 Å². The van der Waals surface area contributed by atoms with Crippen molar-refractivity contribution < 1.29 is 4.79 Å². The summed E-state index contributed by atoms with van der Waals surface area (Å²) in [5.74, 6) is -0.258. The second-order valence-corrected chi connectivity index (χ2v) is 5.32. The fraction of sp³-hybridized carbons (Fsp3) is 0.923. The molecule has 3 N–H and O–H groups in total. The van der Waals surface area contributed by atoms with Crippen LogP contribution >= 0.6 is 0 Å². The van der Waals surface area contributed by atoms with Crippen LogP contribution in [0.4, 0.5) is 0 Å². The molecule has 0 aromatic carbocycles. The first-order chi connectivity index (χ1) is 8.03. The molecule has 1 rings (SSSR count). The first-order valence-electron chi connectivity index (χ1n) is 6.76. The predicted molar refractivity (Wildman–Crippen MR) is 70.8 cm³/mol. The van der Waals surface area contributed by atoms with Crippen LogP contribution in [0.5, 0.6) is 0 Å². The van der Waals surface area contributed by atoms with Crippen LogP contribution in [0.1, 0.15) is 46.0 Å². The lowest BCUT2D eigenvalue weighted by Gasteiger charge is -2.30. The SMILES string of the molecule is CCCCN(CCC(C)(NC)C(N)=O)C1CC1. The monoisotopic (exact) mass is 241 g/mol. The van der Waals surface area contributed by atoms with E-state index < -0.39 is 5.54 Å². The van der Waals surface area contributed by atoms with E-state index in [4.69, 9.17) is 5.73 Å². The molecule has 0 aromatic rings. The predicted octanol–water partition coefficient (Wildman–Crippen LogP) is 1.10. The lowest BCUT2D eigenvalue weighted by atomic mass is 9.97. The number of nitrogens with zero attached hydrogens (tertiary/aromatic N) is 1. The summed E-state index contributed by atoms with van der Waals surface area (Å²) in [7, 11) is 1.80. The zero-order valence-corrected chi connectivity index (χ0v) is 11.5. The summed E-state index contributed by atoms with van der Waals surface area (Å²) in [6, 6.07) is 0.760. The van der Waals surface area contributed by atoms with Gasteiger partial charge >= 0.3 is 0 Å². The molecular formula is C13H27N3O. The molecule has 0 bridgehead atoms. The van der Waals surface area contributed by atoms with Crippen LogP contribution in [0.15, 0.2) is 0 Å².